The normalized spacial score (nSPS) is 15.3. The van der Waals surface area contributed by atoms with E-state index in [1.807, 2.05) is 0 Å². The molecule has 0 fully saturated rings. The quantitative estimate of drug-likeness (QED) is 0.387. The van der Waals surface area contributed by atoms with Gasteiger partial charge >= 0.3 is 6.01 Å². The van der Waals surface area contributed by atoms with E-state index < -0.39 is 59.7 Å². The molecule has 10 nitrogen and oxygen atoms in total. The fourth-order valence-electron chi connectivity index (χ4n) is 2.25. The summed E-state index contributed by atoms with van der Waals surface area (Å²) in [5.41, 5.74) is 0.167. The number of nitrogens with zero attached hydrogens (tertiary/aromatic N) is 4. The van der Waals surface area contributed by atoms with Crippen molar-refractivity contribution in [3.63, 3.8) is 0 Å². The lowest BCUT2D eigenvalue weighted by Crippen LogP contribution is -2.31. The zero-order valence-electron chi connectivity index (χ0n) is 23.9. The number of hydrogen-bond donors (Lipinski definition) is 2. The summed E-state index contributed by atoms with van der Waals surface area (Å²) >= 11 is 3.29. The van der Waals surface area contributed by atoms with Gasteiger partial charge in [0.05, 0.1) is 13.8 Å². The summed E-state index contributed by atoms with van der Waals surface area (Å²) < 4.78 is 96.8. The maximum absolute atomic E-state index is 12.6. The minimum absolute atomic E-state index is 0.104. The van der Waals surface area contributed by atoms with Crippen LogP contribution in [-0.2, 0) is 10.2 Å². The van der Waals surface area contributed by atoms with E-state index >= 15 is 0 Å². The van der Waals surface area contributed by atoms with E-state index in [2.05, 4.69) is 45.3 Å². The van der Waals surface area contributed by atoms with Crippen LogP contribution in [0.15, 0.2) is 47.4 Å². The summed E-state index contributed by atoms with van der Waals surface area (Å²) in [4.78, 5) is 14.8. The Morgan fingerprint density at radius 3 is 2.47 bits per heavy atom. The van der Waals surface area contributed by atoms with Crippen molar-refractivity contribution < 1.29 is 27.5 Å². The maximum atomic E-state index is 12.6. The van der Waals surface area contributed by atoms with Gasteiger partial charge in [0, 0.05) is 23.4 Å². The van der Waals surface area contributed by atoms with Crippen LogP contribution in [0.2, 0.25) is 0 Å². The van der Waals surface area contributed by atoms with E-state index in [9.17, 15) is 8.42 Å². The molecule has 2 heterocycles. The van der Waals surface area contributed by atoms with Gasteiger partial charge in [0.1, 0.15) is 20.8 Å². The van der Waals surface area contributed by atoms with E-state index in [4.69, 9.17) is 19.1 Å². The van der Waals surface area contributed by atoms with Gasteiger partial charge in [0.2, 0.25) is 5.88 Å². The predicted molar refractivity (Wildman–Crippen MR) is 124 cm³/mol. The summed E-state index contributed by atoms with van der Waals surface area (Å²) in [6, 6.07) is 5.46. The van der Waals surface area contributed by atoms with Crippen molar-refractivity contribution in [2.24, 2.45) is 0 Å². The van der Waals surface area contributed by atoms with Gasteiger partial charge in [-0.15, -0.1) is 0 Å². The summed E-state index contributed by atoms with van der Waals surface area (Å²) in [7, 11) is -4.18. The summed E-state index contributed by atoms with van der Waals surface area (Å²) in [5.74, 6) is -1.09. The average Bonchev–Trinajstić information content (AvgIpc) is 2.81. The highest BCUT2D eigenvalue weighted by Gasteiger charge is 2.19. The Labute approximate surface area is 205 Å². The van der Waals surface area contributed by atoms with Crippen LogP contribution in [0.25, 0.3) is 11.1 Å². The van der Waals surface area contributed by atoms with Crippen LogP contribution >= 0.6 is 15.9 Å². The molecule has 0 bridgehead atoms. The lowest BCUT2D eigenvalue weighted by Gasteiger charge is -2.15. The van der Waals surface area contributed by atoms with Crippen LogP contribution in [0.1, 0.15) is 28.5 Å². The number of rotatable bonds is 11. The molecule has 0 saturated heterocycles. The lowest BCUT2D eigenvalue weighted by atomic mass is 10.1. The van der Waals surface area contributed by atoms with Gasteiger partial charge in [-0.1, -0.05) is 35.0 Å². The largest absolute Gasteiger partial charge is 0.473 e. The standard InChI is InChI=1S/C20H23BrN6O4S/c1-3-8-26-32(28,29)27-18-17(15-4-6-16(21)7-5-15)19(25-13-24-18)30-9-10-31-20-22-11-14(2)12-23-20/h4-7,11-13,26H,3,8-10H2,1-2H3,(H,24,25,27)/i9D2,10D2,11D,12D,13D. The predicted octanol–water partition coefficient (Wildman–Crippen LogP) is 3.12. The van der Waals surface area contributed by atoms with Gasteiger partial charge in [0.15, 0.2) is 5.82 Å². The summed E-state index contributed by atoms with van der Waals surface area (Å²) in [6.07, 6.45) is -1.09. The molecule has 0 atom stereocenters. The van der Waals surface area contributed by atoms with E-state index in [0.717, 1.165) is 0 Å². The monoisotopic (exact) mass is 529 g/mol. The van der Waals surface area contributed by atoms with Gasteiger partial charge in [-0.3, -0.25) is 4.72 Å². The number of hydrogen-bond acceptors (Lipinski definition) is 8. The Balaban J connectivity index is 2.08. The van der Waals surface area contributed by atoms with Crippen LogP contribution in [0, 0.1) is 6.92 Å². The Kier molecular flexibility index (Phi) is 5.54. The number of benzene rings is 1. The fraction of sp³-hybridized carbons (Fsp3) is 0.300. The van der Waals surface area contributed by atoms with Gasteiger partial charge in [-0.25, -0.2) is 19.9 Å². The SMILES string of the molecule is [2H]c1nc(NS(=O)(=O)NCCC)c(-c2ccc(Br)cc2)c(OC([2H])([2H])C([2H])([2H])Oc2nc([2H])c(C)c([2H])n2)n1. The van der Waals surface area contributed by atoms with Gasteiger partial charge in [-0.2, -0.15) is 13.1 Å². The third-order valence-corrected chi connectivity index (χ3v) is 5.22. The molecule has 1 aromatic carbocycles. The van der Waals surface area contributed by atoms with Crippen molar-refractivity contribution in [1.82, 2.24) is 24.7 Å². The molecule has 0 aliphatic rings. The van der Waals surface area contributed by atoms with Gasteiger partial charge in [0.25, 0.3) is 10.2 Å². The molecule has 0 aliphatic carbocycles. The zero-order valence-corrected chi connectivity index (χ0v) is 19.3. The molecular weight excluding hydrogens is 500 g/mol. The summed E-state index contributed by atoms with van der Waals surface area (Å²) in [5, 5.41) is 0. The van der Waals surface area contributed by atoms with Crippen LogP contribution in [0.5, 0.6) is 11.9 Å². The number of ether oxygens (including phenoxy) is 2. The second-order valence-corrected chi connectivity index (χ2v) is 8.54. The Bertz CT molecular complexity index is 1440. The van der Waals surface area contributed by atoms with Crippen molar-refractivity contribution >= 4 is 32.0 Å². The molecule has 3 rings (SSSR count). The van der Waals surface area contributed by atoms with Crippen LogP contribution < -0.4 is 18.9 Å². The van der Waals surface area contributed by atoms with Crippen LogP contribution in [0.4, 0.5) is 5.82 Å². The van der Waals surface area contributed by atoms with Crippen molar-refractivity contribution in [2.45, 2.75) is 20.3 Å². The van der Waals surface area contributed by atoms with Crippen molar-refractivity contribution in [3.05, 3.63) is 53.0 Å². The molecule has 0 unspecified atom stereocenters. The zero-order chi connectivity index (χ0) is 29.2. The fourth-order valence-corrected chi connectivity index (χ4v) is 3.46. The van der Waals surface area contributed by atoms with Crippen molar-refractivity contribution in [3.8, 4) is 23.0 Å². The van der Waals surface area contributed by atoms with Gasteiger partial charge in [-0.05, 0) is 36.6 Å². The molecule has 0 radical (unpaired) electrons. The molecule has 0 aliphatic heterocycles. The first-order chi connectivity index (χ1) is 18.0. The summed E-state index contributed by atoms with van der Waals surface area (Å²) in [6.45, 7) is -3.41. The molecule has 12 heteroatoms. The molecule has 2 N–H and O–H groups in total. The topological polar surface area (TPSA) is 128 Å². The minimum atomic E-state index is -4.18. The van der Waals surface area contributed by atoms with E-state index in [1.165, 1.54) is 19.1 Å². The smallest absolute Gasteiger partial charge is 0.316 e. The molecule has 32 heavy (non-hydrogen) atoms. The first kappa shape index (κ1) is 15.9. The third-order valence-electron chi connectivity index (χ3n) is 3.64. The molecule has 0 spiro atoms. The number of halogens is 1. The lowest BCUT2D eigenvalue weighted by molar-refractivity contribution is 0.202. The highest BCUT2D eigenvalue weighted by Crippen LogP contribution is 2.34. The molecular formula is C20H23BrN6O4S. The Morgan fingerprint density at radius 1 is 1.09 bits per heavy atom. The Morgan fingerprint density at radius 2 is 1.78 bits per heavy atom. The highest BCUT2D eigenvalue weighted by atomic mass is 79.9. The molecule has 3 aromatic rings. The Hall–Kier alpha value is -2.83. The van der Waals surface area contributed by atoms with E-state index in [0.29, 0.717) is 10.9 Å². The van der Waals surface area contributed by atoms with E-state index in [1.54, 1.807) is 19.1 Å². The van der Waals surface area contributed by atoms with Crippen molar-refractivity contribution in [2.75, 3.05) is 24.4 Å². The van der Waals surface area contributed by atoms with Crippen molar-refractivity contribution in [1.29, 1.82) is 0 Å². The number of aromatic nitrogens is 4. The highest BCUT2D eigenvalue weighted by molar-refractivity contribution is 9.10. The minimum Gasteiger partial charge on any atom is -0.473 e. The van der Waals surface area contributed by atoms with Crippen LogP contribution in [0.3, 0.4) is 0 Å². The molecule has 0 amide bonds. The first-order valence-corrected chi connectivity index (χ1v) is 11.4. The van der Waals surface area contributed by atoms with Crippen LogP contribution in [-0.4, -0.2) is 48.0 Å². The number of nitrogens with one attached hydrogen (secondary N) is 2. The second-order valence-electron chi connectivity index (χ2n) is 6.12. The van der Waals surface area contributed by atoms with E-state index in [-0.39, 0.29) is 23.2 Å². The maximum Gasteiger partial charge on any atom is 0.316 e. The second kappa shape index (κ2) is 11.2. The molecule has 0 saturated carbocycles. The molecule has 2 aromatic heterocycles. The van der Waals surface area contributed by atoms with Gasteiger partial charge < -0.3 is 9.47 Å². The molecule has 170 valence electrons. The first-order valence-electron chi connectivity index (χ1n) is 12.7. The average molecular weight is 530 g/mol. The third kappa shape index (κ3) is 6.84. The number of anilines is 1.